The third-order valence-corrected chi connectivity index (χ3v) is 10.1. The van der Waals surface area contributed by atoms with E-state index in [2.05, 4.69) is 78.8 Å². The van der Waals surface area contributed by atoms with Gasteiger partial charge in [-0.05, 0) is 130 Å². The fraction of sp³-hybridized carbons (Fsp3) is 0.345. The number of hydrogen-bond donors (Lipinski definition) is 0. The summed E-state index contributed by atoms with van der Waals surface area (Å²) in [6.07, 6.45) is 0. The SMILES string of the molecule is CC(C)c1cc(F)cc(F)c1.CC(C)c1cccc(F)c1.CC(C)c1cccc(F)c1Cl.CC(C)c1cccc(F)c1F.CC(C)c1ccccc1.Cc1cc(Cl)cc(C(C)C)c1. The summed E-state index contributed by atoms with van der Waals surface area (Å²) in [5.74, 6) is -0.872. The summed E-state index contributed by atoms with van der Waals surface area (Å²) >= 11 is 11.6. The Morgan fingerprint density at radius 3 is 1.17 bits per heavy atom. The first kappa shape index (κ1) is 56.5. The van der Waals surface area contributed by atoms with E-state index in [1.54, 1.807) is 24.3 Å². The van der Waals surface area contributed by atoms with Gasteiger partial charge >= 0.3 is 0 Å². The van der Waals surface area contributed by atoms with E-state index in [4.69, 9.17) is 23.2 Å². The summed E-state index contributed by atoms with van der Waals surface area (Å²) in [5, 5.41) is 1.09. The third kappa shape index (κ3) is 22.1. The Bertz CT molecular complexity index is 2060. The first-order valence-electron chi connectivity index (χ1n) is 21.4. The molecule has 0 saturated heterocycles. The Hall–Kier alpha value is -4.52. The fourth-order valence-electron chi connectivity index (χ4n) is 5.64. The molecule has 0 aromatic heterocycles. The molecule has 0 aliphatic carbocycles. The van der Waals surface area contributed by atoms with Crippen LogP contribution in [0.1, 0.15) is 158 Å². The molecule has 0 bridgehead atoms. The second-order valence-electron chi connectivity index (χ2n) is 16.9. The predicted octanol–water partition coefficient (Wildman–Crippen LogP) is 19.3. The maximum atomic E-state index is 12.9. The summed E-state index contributed by atoms with van der Waals surface area (Å²) in [4.78, 5) is 0. The Morgan fingerprint density at radius 2 is 0.778 bits per heavy atom. The maximum absolute atomic E-state index is 12.9. The van der Waals surface area contributed by atoms with Crippen LogP contribution in [0.2, 0.25) is 10.0 Å². The van der Waals surface area contributed by atoms with E-state index in [0.717, 1.165) is 28.3 Å². The van der Waals surface area contributed by atoms with Gasteiger partial charge in [-0.1, -0.05) is 179 Å². The molecular formula is C55H66Cl2F6. The van der Waals surface area contributed by atoms with Crippen LogP contribution < -0.4 is 0 Å². The molecule has 342 valence electrons. The lowest BCUT2D eigenvalue weighted by Crippen LogP contribution is -1.95. The quantitative estimate of drug-likeness (QED) is 0.146. The van der Waals surface area contributed by atoms with Crippen LogP contribution in [-0.2, 0) is 0 Å². The molecule has 0 fully saturated rings. The predicted molar refractivity (Wildman–Crippen MR) is 258 cm³/mol. The number of aryl methyl sites for hydroxylation is 1. The van der Waals surface area contributed by atoms with Crippen LogP contribution in [0.3, 0.4) is 0 Å². The molecular weight excluding hydrogens is 845 g/mol. The van der Waals surface area contributed by atoms with Crippen molar-refractivity contribution in [2.45, 2.75) is 126 Å². The van der Waals surface area contributed by atoms with Crippen molar-refractivity contribution in [3.8, 4) is 0 Å². The van der Waals surface area contributed by atoms with Gasteiger partial charge in [0.1, 0.15) is 23.3 Å². The third-order valence-electron chi connectivity index (χ3n) is 9.47. The average molecular weight is 912 g/mol. The van der Waals surface area contributed by atoms with Crippen molar-refractivity contribution in [3.63, 3.8) is 0 Å². The van der Waals surface area contributed by atoms with Gasteiger partial charge in [0.05, 0.1) is 5.02 Å². The van der Waals surface area contributed by atoms with E-state index in [-0.39, 0.29) is 34.4 Å². The Balaban J connectivity index is 0.000000378. The van der Waals surface area contributed by atoms with Crippen molar-refractivity contribution in [3.05, 3.63) is 211 Å². The smallest absolute Gasteiger partial charge is 0.162 e. The molecule has 0 saturated carbocycles. The first-order valence-corrected chi connectivity index (χ1v) is 22.1. The van der Waals surface area contributed by atoms with Crippen LogP contribution in [-0.4, -0.2) is 0 Å². The second-order valence-corrected chi connectivity index (χ2v) is 17.8. The molecule has 0 amide bonds. The highest BCUT2D eigenvalue weighted by Gasteiger charge is 2.10. The van der Waals surface area contributed by atoms with Gasteiger partial charge < -0.3 is 0 Å². The number of rotatable bonds is 6. The summed E-state index contributed by atoms with van der Waals surface area (Å²) in [6.45, 7) is 26.3. The van der Waals surface area contributed by atoms with E-state index in [0.29, 0.717) is 28.9 Å². The van der Waals surface area contributed by atoms with Gasteiger partial charge in [0.15, 0.2) is 11.6 Å². The van der Waals surface area contributed by atoms with E-state index in [1.807, 2.05) is 71.9 Å². The van der Waals surface area contributed by atoms with Crippen molar-refractivity contribution in [2.75, 3.05) is 0 Å². The zero-order valence-corrected chi connectivity index (χ0v) is 40.6. The molecule has 0 radical (unpaired) electrons. The number of benzene rings is 6. The van der Waals surface area contributed by atoms with Crippen LogP contribution in [0.4, 0.5) is 26.3 Å². The fourth-order valence-corrected chi connectivity index (χ4v) is 6.29. The molecule has 0 aliphatic heterocycles. The van der Waals surface area contributed by atoms with E-state index >= 15 is 0 Å². The molecule has 63 heavy (non-hydrogen) atoms. The average Bonchev–Trinajstić information content (AvgIpc) is 3.20. The van der Waals surface area contributed by atoms with Gasteiger partial charge in [-0.2, -0.15) is 0 Å². The topological polar surface area (TPSA) is 0 Å². The molecule has 0 spiro atoms. The van der Waals surface area contributed by atoms with E-state index in [9.17, 15) is 26.3 Å². The molecule has 0 heterocycles. The normalized spacial score (nSPS) is 10.5. The Labute approximate surface area is 384 Å². The summed E-state index contributed by atoms with van der Waals surface area (Å²) in [7, 11) is 0. The van der Waals surface area contributed by atoms with Gasteiger partial charge in [-0.3, -0.25) is 0 Å². The van der Waals surface area contributed by atoms with Crippen LogP contribution in [0, 0.1) is 41.8 Å². The standard InChI is InChI=1S/C10H13Cl.C9H10ClF.2C9H10F2.C9H11F.C9H12/c1-7(2)9-4-8(3)5-10(11)6-9;1-6(2)7-4-3-5-8(11)9(7)10;1-6(2)7-3-8(10)5-9(11)4-7;1-6(2)7-4-3-5-8(10)9(7)11;1-7(2)8-4-3-5-9(10)6-8;1-8(2)9-6-4-3-5-7-9/h4-7H,1-3H3;3*3-6H,1-2H3;3-7H,1-2H3;3-8H,1-2H3. The molecule has 0 atom stereocenters. The lowest BCUT2D eigenvalue weighted by atomic mass is 10.0. The Kier molecular flexibility index (Phi) is 26.0. The van der Waals surface area contributed by atoms with Crippen LogP contribution >= 0.6 is 23.2 Å². The lowest BCUT2D eigenvalue weighted by molar-refractivity contribution is 0.494. The van der Waals surface area contributed by atoms with Gasteiger partial charge in [0.25, 0.3) is 0 Å². The summed E-state index contributed by atoms with van der Waals surface area (Å²) in [5.41, 5.74) is 7.02. The molecule has 0 unspecified atom stereocenters. The first-order chi connectivity index (χ1) is 29.4. The number of halogens is 8. The minimum atomic E-state index is -0.767. The van der Waals surface area contributed by atoms with Gasteiger partial charge in [-0.25, -0.2) is 26.3 Å². The highest BCUT2D eigenvalue weighted by atomic mass is 35.5. The molecule has 6 rings (SSSR count). The zero-order chi connectivity index (χ0) is 48.0. The molecule has 0 nitrogen and oxygen atoms in total. The minimum absolute atomic E-state index is 0.0331. The maximum Gasteiger partial charge on any atom is 0.162 e. The van der Waals surface area contributed by atoms with E-state index < -0.39 is 23.3 Å². The van der Waals surface area contributed by atoms with Gasteiger partial charge in [-0.15, -0.1) is 0 Å². The second kappa shape index (κ2) is 29.0. The highest BCUT2D eigenvalue weighted by Crippen LogP contribution is 2.26. The van der Waals surface area contributed by atoms with Crippen molar-refractivity contribution in [1.82, 2.24) is 0 Å². The van der Waals surface area contributed by atoms with Crippen molar-refractivity contribution >= 4 is 23.2 Å². The van der Waals surface area contributed by atoms with Gasteiger partial charge in [0, 0.05) is 11.1 Å². The Morgan fingerprint density at radius 1 is 0.349 bits per heavy atom. The highest BCUT2D eigenvalue weighted by molar-refractivity contribution is 6.31. The zero-order valence-electron chi connectivity index (χ0n) is 39.1. The van der Waals surface area contributed by atoms with Gasteiger partial charge in [0.2, 0.25) is 0 Å². The largest absolute Gasteiger partial charge is 0.207 e. The summed E-state index contributed by atoms with van der Waals surface area (Å²) in [6, 6.07) is 36.1. The summed E-state index contributed by atoms with van der Waals surface area (Å²) < 4.78 is 75.9. The molecule has 8 heteroatoms. The molecule has 6 aromatic rings. The van der Waals surface area contributed by atoms with Crippen LogP contribution in [0.25, 0.3) is 0 Å². The molecule has 0 aliphatic rings. The minimum Gasteiger partial charge on any atom is -0.207 e. The monoisotopic (exact) mass is 910 g/mol. The lowest BCUT2D eigenvalue weighted by Gasteiger charge is -2.07. The van der Waals surface area contributed by atoms with E-state index in [1.165, 1.54) is 47.0 Å². The van der Waals surface area contributed by atoms with Crippen LogP contribution in [0.15, 0.2) is 127 Å². The van der Waals surface area contributed by atoms with Crippen LogP contribution in [0.5, 0.6) is 0 Å². The van der Waals surface area contributed by atoms with Crippen molar-refractivity contribution in [1.29, 1.82) is 0 Å². The number of hydrogen-bond acceptors (Lipinski definition) is 0. The molecule has 0 N–H and O–H groups in total. The molecule has 6 aromatic carbocycles. The van der Waals surface area contributed by atoms with Crippen molar-refractivity contribution < 1.29 is 26.3 Å². The van der Waals surface area contributed by atoms with Crippen molar-refractivity contribution in [2.24, 2.45) is 0 Å².